The van der Waals surface area contributed by atoms with Gasteiger partial charge in [-0.2, -0.15) is 13.2 Å². The molecule has 1 N–H and O–H groups in total. The third-order valence-electron chi connectivity index (χ3n) is 4.73. The lowest BCUT2D eigenvalue weighted by Crippen LogP contribution is -2.12. The summed E-state index contributed by atoms with van der Waals surface area (Å²) in [4.78, 5) is 16.8. The van der Waals surface area contributed by atoms with Crippen molar-refractivity contribution in [3.05, 3.63) is 99.8 Å². The molecule has 4 rings (SSSR count). The molecule has 4 aromatic rings. The minimum absolute atomic E-state index is 0.0619. The fourth-order valence-electron chi connectivity index (χ4n) is 2.99. The van der Waals surface area contributed by atoms with Crippen LogP contribution < -0.4 is 10.1 Å². The smallest absolute Gasteiger partial charge is 0.416 e. The maximum absolute atomic E-state index is 13.9. The molecule has 1 aromatic heterocycles. The lowest BCUT2D eigenvalue weighted by Gasteiger charge is -2.09. The number of alkyl halides is 3. The van der Waals surface area contributed by atoms with Gasteiger partial charge in [-0.05, 0) is 48.5 Å². The number of aromatic nitrogens is 1. The first kappa shape index (κ1) is 23.7. The number of nitrogens with one attached hydrogen (secondary N) is 1. The molecule has 34 heavy (non-hydrogen) atoms. The number of amides is 1. The third-order valence-corrected chi connectivity index (χ3v) is 5.98. The first-order valence-corrected chi connectivity index (χ1v) is 11.1. The molecule has 1 amide bonds. The molecule has 0 aliphatic rings. The van der Waals surface area contributed by atoms with Crippen molar-refractivity contribution in [2.75, 3.05) is 5.32 Å². The van der Waals surface area contributed by atoms with Crippen molar-refractivity contribution in [1.29, 1.82) is 0 Å². The highest BCUT2D eigenvalue weighted by molar-refractivity contribution is 7.13. The number of benzene rings is 3. The standard InChI is InChI=1S/C24H15ClF4N2O2S/c25-19-5-2-6-20(26)18(19)12-33-17-4-1-3-14(11-17)23-31-21(13-34-23)22(32)30-16-9-7-15(8-10-16)24(27,28)29/h1-11,13H,12H2,(H,30,32). The molecule has 10 heteroatoms. The molecule has 0 aliphatic carbocycles. The molecule has 0 bridgehead atoms. The molecule has 0 saturated carbocycles. The van der Waals surface area contributed by atoms with E-state index in [1.54, 1.807) is 35.7 Å². The van der Waals surface area contributed by atoms with Crippen LogP contribution in [-0.2, 0) is 12.8 Å². The molecular formula is C24H15ClF4N2O2S. The maximum atomic E-state index is 13.9. The third kappa shape index (κ3) is 5.55. The van der Waals surface area contributed by atoms with Gasteiger partial charge in [0.15, 0.2) is 0 Å². The van der Waals surface area contributed by atoms with Crippen molar-refractivity contribution in [1.82, 2.24) is 4.98 Å². The number of thiazole rings is 1. The van der Waals surface area contributed by atoms with E-state index < -0.39 is 23.5 Å². The number of carbonyl (C=O) groups is 1. The molecule has 0 radical (unpaired) electrons. The average Bonchev–Trinajstić information content (AvgIpc) is 3.29. The van der Waals surface area contributed by atoms with E-state index in [9.17, 15) is 22.4 Å². The highest BCUT2D eigenvalue weighted by atomic mass is 35.5. The summed E-state index contributed by atoms with van der Waals surface area (Å²) in [5.74, 6) is -0.557. The average molecular weight is 507 g/mol. The molecule has 174 valence electrons. The fraction of sp³-hybridized carbons (Fsp3) is 0.0833. The van der Waals surface area contributed by atoms with E-state index in [4.69, 9.17) is 16.3 Å². The van der Waals surface area contributed by atoms with Gasteiger partial charge in [-0.15, -0.1) is 11.3 Å². The van der Waals surface area contributed by atoms with Crippen LogP contribution in [0.15, 0.2) is 72.1 Å². The van der Waals surface area contributed by atoms with Crippen molar-refractivity contribution in [2.45, 2.75) is 12.8 Å². The first-order valence-electron chi connectivity index (χ1n) is 9.81. The fourth-order valence-corrected chi connectivity index (χ4v) is 4.01. The largest absolute Gasteiger partial charge is 0.489 e. The van der Waals surface area contributed by atoms with Gasteiger partial charge in [-0.25, -0.2) is 9.37 Å². The Bertz CT molecular complexity index is 1300. The van der Waals surface area contributed by atoms with E-state index >= 15 is 0 Å². The highest BCUT2D eigenvalue weighted by Gasteiger charge is 2.30. The van der Waals surface area contributed by atoms with Gasteiger partial charge in [-0.1, -0.05) is 29.8 Å². The summed E-state index contributed by atoms with van der Waals surface area (Å²) in [6.07, 6.45) is -4.45. The lowest BCUT2D eigenvalue weighted by atomic mass is 10.2. The Morgan fingerprint density at radius 1 is 1.06 bits per heavy atom. The number of anilines is 1. The number of hydrogen-bond donors (Lipinski definition) is 1. The van der Waals surface area contributed by atoms with Gasteiger partial charge in [0.05, 0.1) is 10.6 Å². The Labute approximate surface area is 200 Å². The zero-order valence-electron chi connectivity index (χ0n) is 17.2. The van der Waals surface area contributed by atoms with Gasteiger partial charge in [0.1, 0.15) is 28.9 Å². The SMILES string of the molecule is O=C(Nc1ccc(C(F)(F)F)cc1)c1csc(-c2cccc(OCc3c(F)cccc3Cl)c2)n1. The van der Waals surface area contributed by atoms with Crippen LogP contribution in [0.5, 0.6) is 5.75 Å². The predicted octanol–water partition coefficient (Wildman–Crippen LogP) is 7.45. The van der Waals surface area contributed by atoms with Crippen LogP contribution >= 0.6 is 22.9 Å². The number of rotatable bonds is 6. The van der Waals surface area contributed by atoms with E-state index in [-0.39, 0.29) is 28.6 Å². The molecule has 0 spiro atoms. The van der Waals surface area contributed by atoms with E-state index in [1.165, 1.54) is 35.6 Å². The number of halogens is 5. The van der Waals surface area contributed by atoms with Crippen LogP contribution in [-0.4, -0.2) is 10.9 Å². The monoisotopic (exact) mass is 506 g/mol. The second-order valence-corrected chi connectivity index (χ2v) is 8.35. The van der Waals surface area contributed by atoms with E-state index in [2.05, 4.69) is 10.3 Å². The van der Waals surface area contributed by atoms with E-state index in [0.29, 0.717) is 16.3 Å². The molecule has 0 fully saturated rings. The summed E-state index contributed by atoms with van der Waals surface area (Å²) >= 11 is 7.24. The van der Waals surface area contributed by atoms with Crippen molar-refractivity contribution in [3.63, 3.8) is 0 Å². The van der Waals surface area contributed by atoms with Gasteiger partial charge < -0.3 is 10.1 Å². The summed E-state index contributed by atoms with van der Waals surface area (Å²) in [7, 11) is 0. The van der Waals surface area contributed by atoms with E-state index in [1.807, 2.05) is 0 Å². The highest BCUT2D eigenvalue weighted by Crippen LogP contribution is 2.31. The number of carbonyl (C=O) groups excluding carboxylic acids is 1. The van der Waals surface area contributed by atoms with Crippen LogP contribution in [0, 0.1) is 5.82 Å². The minimum atomic E-state index is -4.45. The first-order chi connectivity index (χ1) is 16.2. The van der Waals surface area contributed by atoms with Gasteiger partial charge in [0.25, 0.3) is 5.91 Å². The van der Waals surface area contributed by atoms with Gasteiger partial charge >= 0.3 is 6.18 Å². The quantitative estimate of drug-likeness (QED) is 0.276. The summed E-state index contributed by atoms with van der Waals surface area (Å²) < 4.78 is 57.7. The van der Waals surface area contributed by atoms with Crippen molar-refractivity contribution < 1.29 is 27.1 Å². The summed E-state index contributed by atoms with van der Waals surface area (Å²) in [6.45, 7) is -0.0619. The minimum Gasteiger partial charge on any atom is -0.489 e. The van der Waals surface area contributed by atoms with Crippen LogP contribution in [0.3, 0.4) is 0 Å². The molecular weight excluding hydrogens is 492 g/mol. The van der Waals surface area contributed by atoms with Crippen LogP contribution in [0.1, 0.15) is 21.6 Å². The van der Waals surface area contributed by atoms with Gasteiger partial charge in [-0.3, -0.25) is 4.79 Å². The Morgan fingerprint density at radius 3 is 2.50 bits per heavy atom. The van der Waals surface area contributed by atoms with Crippen LogP contribution in [0.25, 0.3) is 10.6 Å². The molecule has 1 heterocycles. The zero-order valence-corrected chi connectivity index (χ0v) is 18.8. The number of hydrogen-bond acceptors (Lipinski definition) is 4. The molecule has 0 atom stereocenters. The van der Waals surface area contributed by atoms with Gasteiger partial charge in [0, 0.05) is 22.2 Å². The van der Waals surface area contributed by atoms with E-state index in [0.717, 1.165) is 12.1 Å². The summed E-state index contributed by atoms with van der Waals surface area (Å²) in [5, 5.41) is 4.87. The van der Waals surface area contributed by atoms with Crippen molar-refractivity contribution >= 4 is 34.5 Å². The van der Waals surface area contributed by atoms with Crippen molar-refractivity contribution in [2.24, 2.45) is 0 Å². The maximum Gasteiger partial charge on any atom is 0.416 e. The number of ether oxygens (including phenoxy) is 1. The number of nitrogens with zero attached hydrogens (tertiary/aromatic N) is 1. The molecule has 0 unspecified atom stereocenters. The Morgan fingerprint density at radius 2 is 1.79 bits per heavy atom. The van der Waals surface area contributed by atoms with Crippen molar-refractivity contribution in [3.8, 4) is 16.3 Å². The molecule has 3 aromatic carbocycles. The second-order valence-electron chi connectivity index (χ2n) is 7.08. The summed E-state index contributed by atoms with van der Waals surface area (Å²) in [6, 6.07) is 15.4. The second kappa shape index (κ2) is 9.82. The Kier molecular flexibility index (Phi) is 6.85. The van der Waals surface area contributed by atoms with Gasteiger partial charge in [0.2, 0.25) is 0 Å². The Balaban J connectivity index is 1.44. The molecule has 4 nitrogen and oxygen atoms in total. The predicted molar refractivity (Wildman–Crippen MR) is 123 cm³/mol. The molecule has 0 saturated heterocycles. The summed E-state index contributed by atoms with van der Waals surface area (Å²) in [5.41, 5.74) is 0.446. The topological polar surface area (TPSA) is 51.2 Å². The zero-order chi connectivity index (χ0) is 24.3. The normalized spacial score (nSPS) is 11.3. The van der Waals surface area contributed by atoms with Crippen LogP contribution in [0.2, 0.25) is 5.02 Å². The lowest BCUT2D eigenvalue weighted by molar-refractivity contribution is -0.137. The molecule has 0 aliphatic heterocycles. The van der Waals surface area contributed by atoms with Crippen LogP contribution in [0.4, 0.5) is 23.2 Å². The Hall–Kier alpha value is -3.43.